The number of para-hydroxylation sites is 4. The van der Waals surface area contributed by atoms with Gasteiger partial charge in [-0.15, -0.1) is 22.1 Å². The number of fused-ring (bicyclic) bond motifs is 8. The Morgan fingerprint density at radius 1 is 0.415 bits per heavy atom. The summed E-state index contributed by atoms with van der Waals surface area (Å²) in [5.74, 6) is -1.35. The fourth-order valence-electron chi connectivity index (χ4n) is 9.10. The van der Waals surface area contributed by atoms with Crippen LogP contribution < -0.4 is 31.2 Å². The van der Waals surface area contributed by atoms with Crippen LogP contribution in [0.15, 0.2) is 121 Å². The molecule has 0 atom stereocenters. The van der Waals surface area contributed by atoms with Gasteiger partial charge in [-0.2, -0.15) is 0 Å². The fraction of sp³-hybridized carbons (Fsp3) is 0.269. The Morgan fingerprint density at radius 2 is 0.707 bits per heavy atom. The van der Waals surface area contributed by atoms with Crippen molar-refractivity contribution in [2.24, 2.45) is 21.7 Å². The van der Waals surface area contributed by atoms with Crippen molar-refractivity contribution >= 4 is 98.2 Å². The zero-order chi connectivity index (χ0) is 58.3. The second kappa shape index (κ2) is 23.1. The average molecular weight is 1140 g/mol. The number of hydrogen-bond donors (Lipinski definition) is 4. The number of nitrogens with one attached hydrogen (secondary N) is 4. The van der Waals surface area contributed by atoms with E-state index >= 15 is 0 Å². The molecule has 0 spiro atoms. The van der Waals surface area contributed by atoms with Crippen LogP contribution in [0.1, 0.15) is 113 Å². The summed E-state index contributed by atoms with van der Waals surface area (Å²) in [4.78, 5) is 90.5. The molecule has 0 saturated heterocycles. The van der Waals surface area contributed by atoms with Gasteiger partial charge in [0, 0.05) is 79.2 Å². The number of nitrogens with zero attached hydrogens (tertiary/aromatic N) is 4. The molecule has 8 bridgehead atoms. The van der Waals surface area contributed by atoms with E-state index in [4.69, 9.17) is 24.7 Å². The van der Waals surface area contributed by atoms with Crippen LogP contribution in [0.2, 0.25) is 0 Å². The largest absolute Gasteiger partial charge is 2.00 e. The second-order valence-electron chi connectivity index (χ2n) is 24.4. The first-order chi connectivity index (χ1) is 38.2. The molecule has 0 aliphatic carbocycles. The summed E-state index contributed by atoms with van der Waals surface area (Å²) in [5.41, 5.74) is 8.01. The number of rotatable bonds is 10. The molecule has 3 aromatic heterocycles. The number of ether oxygens (including phenoxy) is 1. The van der Waals surface area contributed by atoms with E-state index in [1.165, 1.54) is 6.92 Å². The number of carbonyl (C=O) groups excluding carboxylic acids is 5. The molecule has 82 heavy (non-hydrogen) atoms. The van der Waals surface area contributed by atoms with Gasteiger partial charge < -0.3 is 36.0 Å². The van der Waals surface area contributed by atoms with E-state index in [2.05, 4.69) is 21.3 Å². The number of anilines is 4. The molecule has 0 unspecified atom stereocenters. The second-order valence-corrected chi connectivity index (χ2v) is 24.4. The Kier molecular flexibility index (Phi) is 16.7. The Bertz CT molecular complexity index is 3950. The van der Waals surface area contributed by atoms with Crippen LogP contribution in [-0.2, 0) is 45.8 Å². The van der Waals surface area contributed by atoms with E-state index in [0.717, 1.165) is 0 Å². The Balaban J connectivity index is 0.00000880. The predicted molar refractivity (Wildman–Crippen MR) is 326 cm³/mol. The van der Waals surface area contributed by atoms with E-state index in [9.17, 15) is 24.0 Å². The standard InChI is InChI=1S/C67H70N8O6.Fe/c1-38(76)81-37-39-36-54-57(42-24-16-20-28-46(42)74-62(79)66(8,9)10)52-33-32-50(69-52)55(40-22-14-18-26-44(40)72-60(77)64(2,3)4)48-30-31-49(68-48)56(41-23-15-19-27-45(41)73-61(78)65(5,6)7)51-34-35-53(70-51)58(59(39)71-54)43-25-17-21-29-47(43)75-63(80)67(11,12)13;/h14-36H,37H2,1-13H3,(H6,68,69,70,71,72,73,74,75,77,78,79,80);/q;+2/p-2. The fourth-order valence-corrected chi connectivity index (χ4v) is 9.10. The molecule has 4 N–H and O–H groups in total. The van der Waals surface area contributed by atoms with Crippen molar-refractivity contribution in [1.82, 2.24) is 19.9 Å². The molecule has 0 radical (unpaired) electrons. The van der Waals surface area contributed by atoms with Crippen molar-refractivity contribution < 1.29 is 45.8 Å². The van der Waals surface area contributed by atoms with Crippen LogP contribution in [0.25, 0.3) is 90.4 Å². The van der Waals surface area contributed by atoms with E-state index in [-0.39, 0.29) is 47.3 Å². The van der Waals surface area contributed by atoms with Crippen molar-refractivity contribution in [2.75, 3.05) is 27.9 Å². The molecule has 7 aromatic rings. The number of aromatic nitrogens is 4. The maximum absolute atomic E-state index is 14.0. The SMILES string of the molecule is CC(=O)OCC1=Cc2nc1c(-c1ccccc1NC(=O)C(C)(C)C)c1ccc([n-]1)c(-c1ccccc1NC(=O)C(C)(C)C)c1nc(c(-c3ccccc3NC(=O)C(C)(C)C)c3ccc([n-]3)c2-c2ccccc2NC(=O)C(C)(C)C)C=C1.[Fe+2]. The number of benzene rings is 4. The van der Waals surface area contributed by atoms with Gasteiger partial charge in [0.05, 0.1) is 22.8 Å². The minimum Gasteiger partial charge on any atom is -0.657 e. The zero-order valence-corrected chi connectivity index (χ0v) is 49.7. The van der Waals surface area contributed by atoms with Gasteiger partial charge in [0.25, 0.3) is 0 Å². The third-order valence-electron chi connectivity index (χ3n) is 13.7. The summed E-state index contributed by atoms with van der Waals surface area (Å²) in [7, 11) is 0. The Labute approximate surface area is 489 Å². The monoisotopic (exact) mass is 1140 g/mol. The smallest absolute Gasteiger partial charge is 0.657 e. The van der Waals surface area contributed by atoms with Gasteiger partial charge in [-0.3, -0.25) is 24.0 Å². The van der Waals surface area contributed by atoms with Crippen molar-refractivity contribution in [3.05, 3.63) is 144 Å². The third-order valence-corrected chi connectivity index (χ3v) is 13.7. The molecular formula is C67H68FeN8O6. The van der Waals surface area contributed by atoms with E-state index < -0.39 is 27.6 Å². The van der Waals surface area contributed by atoms with Gasteiger partial charge in [0.2, 0.25) is 23.6 Å². The number of esters is 1. The maximum atomic E-state index is 14.0. The molecule has 14 nitrogen and oxygen atoms in total. The molecule has 5 heterocycles. The first kappa shape index (κ1) is 59.5. The molecule has 2 aliphatic heterocycles. The van der Waals surface area contributed by atoms with Crippen LogP contribution >= 0.6 is 0 Å². The van der Waals surface area contributed by atoms with Gasteiger partial charge in [-0.25, -0.2) is 9.97 Å². The van der Waals surface area contributed by atoms with Crippen molar-refractivity contribution in [3.63, 3.8) is 0 Å². The van der Waals surface area contributed by atoms with E-state index in [1.807, 2.05) is 223 Å². The maximum Gasteiger partial charge on any atom is 2.00 e. The summed E-state index contributed by atoms with van der Waals surface area (Å²) < 4.78 is 5.86. The van der Waals surface area contributed by atoms with Crippen LogP contribution in [0.5, 0.6) is 0 Å². The number of amides is 4. The number of carbonyl (C=O) groups is 5. The molecule has 15 heteroatoms. The summed E-state index contributed by atoms with van der Waals surface area (Å²) in [6, 6.07) is 37.5. The molecule has 9 rings (SSSR count). The predicted octanol–water partition coefficient (Wildman–Crippen LogP) is 14.5. The van der Waals surface area contributed by atoms with Crippen LogP contribution in [-0.4, -0.2) is 46.2 Å². The Morgan fingerprint density at radius 3 is 1.02 bits per heavy atom. The van der Waals surface area contributed by atoms with E-state index in [0.29, 0.717) is 118 Å². The van der Waals surface area contributed by atoms with Gasteiger partial charge in [-0.1, -0.05) is 180 Å². The normalized spacial score (nSPS) is 12.4. The summed E-state index contributed by atoms with van der Waals surface area (Å²) in [5, 5.41) is 12.8. The van der Waals surface area contributed by atoms with Crippen LogP contribution in [0.4, 0.5) is 22.7 Å². The molecule has 4 amide bonds. The third kappa shape index (κ3) is 12.6. The van der Waals surface area contributed by atoms with Crippen LogP contribution in [0, 0.1) is 21.7 Å². The van der Waals surface area contributed by atoms with E-state index in [1.54, 1.807) is 0 Å². The van der Waals surface area contributed by atoms with Crippen molar-refractivity contribution in [2.45, 2.75) is 90.0 Å². The van der Waals surface area contributed by atoms with Crippen molar-refractivity contribution in [3.8, 4) is 44.5 Å². The molecule has 420 valence electrons. The molecule has 4 aromatic carbocycles. The Hall–Kier alpha value is -8.65. The van der Waals surface area contributed by atoms with Gasteiger partial charge in [0.1, 0.15) is 6.61 Å². The minimum atomic E-state index is -0.772. The molecule has 0 saturated carbocycles. The van der Waals surface area contributed by atoms with Gasteiger partial charge >= 0.3 is 23.0 Å². The number of hydrogen-bond acceptors (Lipinski definition) is 8. The quantitative estimate of drug-likeness (QED) is 0.0755. The molecule has 2 aliphatic rings. The van der Waals surface area contributed by atoms with Crippen LogP contribution in [0.3, 0.4) is 0 Å². The first-order valence-electron chi connectivity index (χ1n) is 27.0. The van der Waals surface area contributed by atoms with Crippen molar-refractivity contribution in [1.29, 1.82) is 0 Å². The van der Waals surface area contributed by atoms with Gasteiger partial charge in [-0.05, 0) is 64.7 Å². The van der Waals surface area contributed by atoms with Gasteiger partial charge in [0.15, 0.2) is 0 Å². The first-order valence-corrected chi connectivity index (χ1v) is 27.0. The minimum absolute atomic E-state index is 0. The summed E-state index contributed by atoms with van der Waals surface area (Å²) >= 11 is 0. The summed E-state index contributed by atoms with van der Waals surface area (Å²) in [6.07, 6.45) is 5.69. The summed E-state index contributed by atoms with van der Waals surface area (Å²) in [6.45, 7) is 23.3. The molecule has 0 fully saturated rings. The molecular weight excluding hydrogens is 1070 g/mol. The zero-order valence-electron chi connectivity index (χ0n) is 48.6. The average Bonchev–Trinajstić information content (AvgIpc) is 4.43. The topological polar surface area (TPSA) is 197 Å².